The number of carbonyl (C=O) groups excluding carboxylic acids is 1. The summed E-state index contributed by atoms with van der Waals surface area (Å²) >= 11 is 0. The molecule has 0 aromatic carbocycles. The number of rotatable bonds is 9. The number of fused-ring (bicyclic) bond motifs is 7. The Kier molecular flexibility index (Phi) is 13.6. The first-order valence-electron chi connectivity index (χ1n) is 24.2. The Hall–Kier alpha value is -1.88. The van der Waals surface area contributed by atoms with Crippen LogP contribution in [0.4, 0.5) is 0 Å². The molecule has 0 aromatic heterocycles. The smallest absolute Gasteiger partial charge is 0.312 e. The van der Waals surface area contributed by atoms with Crippen molar-refractivity contribution < 1.29 is 84.0 Å². The van der Waals surface area contributed by atoms with E-state index in [-0.39, 0.29) is 47.2 Å². The van der Waals surface area contributed by atoms with Gasteiger partial charge in [-0.25, -0.2) is 0 Å². The summed E-state index contributed by atoms with van der Waals surface area (Å²) in [6, 6.07) is -1.17. The summed E-state index contributed by atoms with van der Waals surface area (Å²) in [4.78, 5) is 25.7. The van der Waals surface area contributed by atoms with Crippen LogP contribution in [0, 0.1) is 50.2 Å². The molecule has 10 N–H and O–H groups in total. The second kappa shape index (κ2) is 17.8. The number of carbonyl (C=O) groups is 2. The average Bonchev–Trinajstić information content (AvgIpc) is 3.23. The Balaban J connectivity index is 1.00. The first kappa shape index (κ1) is 50.5. The number of ether oxygens (including phenoxy) is 6. The topological polar surface area (TPSA) is 284 Å². The monoisotopic (exact) mass is 940 g/mol. The highest BCUT2D eigenvalue weighted by atomic mass is 16.8. The SMILES string of the molecule is CC(=O)N[C@H]1[C@H](O[C@H]2CC[C@@]3(C)[C@H](CC[C@]4(C)[C@@H]3CC=C3[C@@H]5CC(C)(C)CC[C@]5(C(=O)O)[C@H](O)C[C@]34C)C2(C)C)O[C@H](CO[C@@H]2OC[C@H](O)[C@H](O)[C@H]2O[C@@H]2OC[C@@H](O)[C@H](O)[C@H]2O)[C@@H](O)[C@@H]1O. The molecule has 3 saturated heterocycles. The standard InChI is InChI=1S/C48H77NO17/c1-22(50)49-32-36(57)35(56)27(21-63-41-38(34(55)26(52)20-62-41)66-40-37(58)33(54)25(51)19-61-40)64-39(32)65-31-12-13-45(6)28(44(31,4)5)11-14-46(7)29(45)10-9-23-24-17-43(2,3)15-16-48(24,42(59)60)30(53)18-47(23,46)8/h9,24-41,51-58H,10-21H2,1-8H3,(H,49,50)(H,59,60)/t24-,25+,26-,27+,28+,29+,30+,31-,32+,33-,34-,35+,36+,37+,38+,39-,40-,41-,45-,46+,47+,48+/m0/s1. The largest absolute Gasteiger partial charge is 0.481 e. The van der Waals surface area contributed by atoms with Gasteiger partial charge in [-0.1, -0.05) is 60.1 Å². The molecule has 4 saturated carbocycles. The molecule has 18 nitrogen and oxygen atoms in total. The molecule has 376 valence electrons. The molecule has 0 unspecified atom stereocenters. The molecule has 3 aliphatic heterocycles. The van der Waals surface area contributed by atoms with Crippen molar-refractivity contribution in [3.63, 3.8) is 0 Å². The van der Waals surface area contributed by atoms with E-state index in [2.05, 4.69) is 59.9 Å². The zero-order chi connectivity index (χ0) is 48.3. The average molecular weight is 940 g/mol. The molecule has 1 amide bonds. The fraction of sp³-hybridized carbons (Fsp3) is 0.917. The van der Waals surface area contributed by atoms with Crippen LogP contribution in [0.2, 0.25) is 0 Å². The van der Waals surface area contributed by atoms with Gasteiger partial charge in [0.25, 0.3) is 0 Å². The number of aliphatic hydroxyl groups excluding tert-OH is 8. The third kappa shape index (κ3) is 8.02. The number of nitrogens with one attached hydrogen (secondary N) is 1. The van der Waals surface area contributed by atoms with E-state index in [1.165, 1.54) is 12.5 Å². The number of amides is 1. The second-order valence-electron chi connectivity index (χ2n) is 23.5. The minimum absolute atomic E-state index is 0.0435. The summed E-state index contributed by atoms with van der Waals surface area (Å²) in [5.74, 6) is -1.21. The minimum Gasteiger partial charge on any atom is -0.481 e. The maximum Gasteiger partial charge on any atom is 0.312 e. The second-order valence-corrected chi connectivity index (χ2v) is 23.5. The lowest BCUT2D eigenvalue weighted by Gasteiger charge is -2.71. The molecular weight excluding hydrogens is 863 g/mol. The third-order valence-corrected chi connectivity index (χ3v) is 19.0. The van der Waals surface area contributed by atoms with Crippen molar-refractivity contribution in [3.05, 3.63) is 11.6 Å². The number of aliphatic hydroxyl groups is 8. The molecule has 7 fully saturated rings. The van der Waals surface area contributed by atoms with E-state index in [1.807, 2.05) is 0 Å². The van der Waals surface area contributed by atoms with Crippen LogP contribution < -0.4 is 5.32 Å². The number of aliphatic carboxylic acids is 1. The highest BCUT2D eigenvalue weighted by Crippen LogP contribution is 2.76. The third-order valence-electron chi connectivity index (χ3n) is 19.0. The molecule has 8 rings (SSSR count). The molecule has 5 aliphatic carbocycles. The summed E-state index contributed by atoms with van der Waals surface area (Å²) < 4.78 is 36.0. The lowest BCUT2D eigenvalue weighted by molar-refractivity contribution is -0.352. The molecule has 18 heteroatoms. The summed E-state index contributed by atoms with van der Waals surface area (Å²) in [5.41, 5.74) is -1.25. The molecule has 8 aliphatic rings. The highest BCUT2D eigenvalue weighted by Gasteiger charge is 2.71. The Morgan fingerprint density at radius 3 is 2.08 bits per heavy atom. The number of carboxylic acids is 1. The fourth-order valence-electron chi connectivity index (χ4n) is 15.0. The van der Waals surface area contributed by atoms with Crippen LogP contribution in [0.1, 0.15) is 113 Å². The zero-order valence-electron chi connectivity index (χ0n) is 39.7. The molecule has 3 heterocycles. The summed E-state index contributed by atoms with van der Waals surface area (Å²) in [5, 5.41) is 100. The quantitative estimate of drug-likeness (QED) is 0.114. The van der Waals surface area contributed by atoms with E-state index in [0.717, 1.165) is 38.5 Å². The van der Waals surface area contributed by atoms with Gasteiger partial charge >= 0.3 is 5.97 Å². The van der Waals surface area contributed by atoms with Crippen LogP contribution in [0.5, 0.6) is 0 Å². The number of allylic oxidation sites excluding steroid dienone is 2. The van der Waals surface area contributed by atoms with E-state index in [1.54, 1.807) is 0 Å². The van der Waals surface area contributed by atoms with Gasteiger partial charge in [-0.2, -0.15) is 0 Å². The van der Waals surface area contributed by atoms with Crippen molar-refractivity contribution in [2.75, 3.05) is 19.8 Å². The van der Waals surface area contributed by atoms with E-state index < -0.39 is 127 Å². The van der Waals surface area contributed by atoms with Crippen LogP contribution in [-0.2, 0) is 38.0 Å². The zero-order valence-corrected chi connectivity index (χ0v) is 39.7. The molecule has 22 atom stereocenters. The van der Waals surface area contributed by atoms with Gasteiger partial charge in [0.1, 0.15) is 66.4 Å². The Morgan fingerprint density at radius 1 is 0.742 bits per heavy atom. The summed E-state index contributed by atoms with van der Waals surface area (Å²) in [6.45, 7) is 16.0. The minimum atomic E-state index is -1.71. The van der Waals surface area contributed by atoms with E-state index >= 15 is 0 Å². The van der Waals surface area contributed by atoms with Crippen LogP contribution in [-0.4, -0.2) is 170 Å². The summed E-state index contributed by atoms with van der Waals surface area (Å²) in [6.07, 6.45) is -10.5. The fourth-order valence-corrected chi connectivity index (χ4v) is 15.0. The van der Waals surface area contributed by atoms with Gasteiger partial charge < -0.3 is 79.7 Å². The Bertz CT molecular complexity index is 1850. The Morgan fingerprint density at radius 2 is 1.41 bits per heavy atom. The van der Waals surface area contributed by atoms with Crippen LogP contribution in [0.15, 0.2) is 11.6 Å². The maximum atomic E-state index is 13.2. The first-order valence-corrected chi connectivity index (χ1v) is 24.2. The molecular formula is C48H77NO17. The Labute approximate surface area is 387 Å². The van der Waals surface area contributed by atoms with Crippen LogP contribution in [0.3, 0.4) is 0 Å². The maximum absolute atomic E-state index is 13.2. The predicted octanol–water partition coefficient (Wildman–Crippen LogP) is 1.10. The van der Waals surface area contributed by atoms with E-state index in [9.17, 15) is 55.5 Å². The van der Waals surface area contributed by atoms with Crippen LogP contribution in [0.25, 0.3) is 0 Å². The molecule has 0 spiro atoms. The molecule has 0 radical (unpaired) electrons. The van der Waals surface area contributed by atoms with Crippen LogP contribution >= 0.6 is 0 Å². The van der Waals surface area contributed by atoms with Gasteiger partial charge in [0.15, 0.2) is 18.9 Å². The first-order chi connectivity index (χ1) is 30.7. The number of hydrogen-bond acceptors (Lipinski definition) is 16. The van der Waals surface area contributed by atoms with Crippen molar-refractivity contribution in [1.82, 2.24) is 5.32 Å². The normalized spacial score (nSPS) is 52.1. The van der Waals surface area contributed by atoms with Gasteiger partial charge in [-0.05, 0) is 103 Å². The van der Waals surface area contributed by atoms with Crippen molar-refractivity contribution in [2.45, 2.75) is 205 Å². The van der Waals surface area contributed by atoms with Gasteiger partial charge in [0, 0.05) is 6.92 Å². The van der Waals surface area contributed by atoms with Gasteiger partial charge in [-0.3, -0.25) is 9.59 Å². The molecule has 0 aromatic rings. The molecule has 0 bridgehead atoms. The van der Waals surface area contributed by atoms with Gasteiger partial charge in [0.2, 0.25) is 5.91 Å². The summed E-state index contributed by atoms with van der Waals surface area (Å²) in [7, 11) is 0. The van der Waals surface area contributed by atoms with E-state index in [4.69, 9.17) is 28.4 Å². The number of hydrogen-bond donors (Lipinski definition) is 10. The van der Waals surface area contributed by atoms with Crippen molar-refractivity contribution in [3.8, 4) is 0 Å². The number of carboxylic acid groups (broad SMARTS) is 1. The van der Waals surface area contributed by atoms with Gasteiger partial charge in [-0.15, -0.1) is 0 Å². The predicted molar refractivity (Wildman–Crippen MR) is 232 cm³/mol. The van der Waals surface area contributed by atoms with Gasteiger partial charge in [0.05, 0.1) is 32.0 Å². The van der Waals surface area contributed by atoms with Crippen molar-refractivity contribution >= 4 is 11.9 Å². The molecule has 66 heavy (non-hydrogen) atoms. The van der Waals surface area contributed by atoms with E-state index in [0.29, 0.717) is 19.3 Å². The van der Waals surface area contributed by atoms with Crippen molar-refractivity contribution in [1.29, 1.82) is 0 Å². The lowest BCUT2D eigenvalue weighted by atomic mass is 9.33. The highest BCUT2D eigenvalue weighted by molar-refractivity contribution is 5.77. The van der Waals surface area contributed by atoms with Crippen molar-refractivity contribution in [2.24, 2.45) is 50.2 Å². The lowest BCUT2D eigenvalue weighted by Crippen LogP contribution is -2.68.